The summed E-state index contributed by atoms with van der Waals surface area (Å²) in [7, 11) is 0. The van der Waals surface area contributed by atoms with E-state index in [0.717, 1.165) is 12.8 Å². The molecule has 1 aromatic rings. The third-order valence-corrected chi connectivity index (χ3v) is 1.89. The Bertz CT molecular complexity index is 301. The lowest BCUT2D eigenvalue weighted by Gasteiger charge is -1.95. The maximum Gasteiger partial charge on any atom is 0.359 e. The molecule has 0 saturated carbocycles. The standard InChI is InChI=1S/C12H13O2/c13-12(14)10-6-2-5-9-11-7-3-1-4-8-11/h1-4,6-8H,5,9-10H2. The SMILES string of the molecule is [O]C(=O)CC=CCCc1ccccc1. The molecule has 0 heterocycles. The van der Waals surface area contributed by atoms with Gasteiger partial charge in [-0.15, -0.1) is 0 Å². The minimum Gasteiger partial charge on any atom is -0.247 e. The zero-order chi connectivity index (χ0) is 10.2. The van der Waals surface area contributed by atoms with Crippen LogP contribution < -0.4 is 0 Å². The van der Waals surface area contributed by atoms with E-state index in [1.807, 2.05) is 24.3 Å². The van der Waals surface area contributed by atoms with Crippen molar-refractivity contribution in [3.8, 4) is 0 Å². The Kier molecular flexibility index (Phi) is 4.48. The number of allylic oxidation sites excluding steroid dienone is 1. The molecule has 0 saturated heterocycles. The van der Waals surface area contributed by atoms with E-state index < -0.39 is 5.97 Å². The normalized spacial score (nSPS) is 10.6. The first-order valence-corrected chi connectivity index (χ1v) is 4.68. The number of benzene rings is 1. The van der Waals surface area contributed by atoms with Gasteiger partial charge in [-0.05, 0) is 18.4 Å². The molecule has 0 aromatic heterocycles. The topological polar surface area (TPSA) is 37.0 Å². The highest BCUT2D eigenvalue weighted by Gasteiger charge is 1.92. The lowest BCUT2D eigenvalue weighted by molar-refractivity contribution is -0.142. The number of aryl methyl sites for hydroxylation is 1. The zero-order valence-corrected chi connectivity index (χ0v) is 7.98. The minimum absolute atomic E-state index is 0.00872. The largest absolute Gasteiger partial charge is 0.359 e. The molecule has 1 radical (unpaired) electrons. The van der Waals surface area contributed by atoms with E-state index >= 15 is 0 Å². The van der Waals surface area contributed by atoms with Crippen molar-refractivity contribution in [2.75, 3.05) is 0 Å². The second kappa shape index (κ2) is 5.97. The summed E-state index contributed by atoms with van der Waals surface area (Å²) in [5.41, 5.74) is 1.27. The predicted molar refractivity (Wildman–Crippen MR) is 54.2 cm³/mol. The molecule has 0 aliphatic heterocycles. The number of carbonyl (C=O) groups excluding carboxylic acids is 1. The van der Waals surface area contributed by atoms with Crippen LogP contribution in [0.2, 0.25) is 0 Å². The Balaban J connectivity index is 2.22. The van der Waals surface area contributed by atoms with Crippen molar-refractivity contribution < 1.29 is 9.90 Å². The average molecular weight is 189 g/mol. The molecule has 0 bridgehead atoms. The van der Waals surface area contributed by atoms with Crippen LogP contribution in [0.25, 0.3) is 0 Å². The first-order chi connectivity index (χ1) is 6.79. The fraction of sp³-hybridized carbons (Fsp3) is 0.250. The van der Waals surface area contributed by atoms with Crippen LogP contribution in [0, 0.1) is 0 Å². The average Bonchev–Trinajstić information content (AvgIpc) is 2.18. The summed E-state index contributed by atoms with van der Waals surface area (Å²) in [5, 5.41) is 10.1. The van der Waals surface area contributed by atoms with Crippen molar-refractivity contribution in [1.82, 2.24) is 0 Å². The van der Waals surface area contributed by atoms with Crippen molar-refractivity contribution in [3.63, 3.8) is 0 Å². The lowest BCUT2D eigenvalue weighted by atomic mass is 10.1. The Hall–Kier alpha value is -1.57. The van der Waals surface area contributed by atoms with Crippen LogP contribution in [0.1, 0.15) is 18.4 Å². The van der Waals surface area contributed by atoms with Gasteiger partial charge in [0.05, 0.1) is 6.42 Å². The van der Waals surface area contributed by atoms with Crippen molar-refractivity contribution in [1.29, 1.82) is 0 Å². The Morgan fingerprint density at radius 1 is 1.14 bits per heavy atom. The second-order valence-corrected chi connectivity index (χ2v) is 3.07. The van der Waals surface area contributed by atoms with Crippen LogP contribution in [0.3, 0.4) is 0 Å². The highest BCUT2D eigenvalue weighted by molar-refractivity contribution is 5.68. The van der Waals surface area contributed by atoms with Gasteiger partial charge in [-0.3, -0.25) is 0 Å². The summed E-state index contributed by atoms with van der Waals surface area (Å²) in [6.45, 7) is 0. The smallest absolute Gasteiger partial charge is 0.247 e. The van der Waals surface area contributed by atoms with Crippen LogP contribution in [-0.2, 0) is 16.3 Å². The fourth-order valence-electron chi connectivity index (χ4n) is 1.19. The quantitative estimate of drug-likeness (QED) is 0.656. The van der Waals surface area contributed by atoms with Crippen LogP contribution in [-0.4, -0.2) is 5.97 Å². The molecule has 14 heavy (non-hydrogen) atoms. The summed E-state index contributed by atoms with van der Waals surface area (Å²) < 4.78 is 0. The van der Waals surface area contributed by atoms with E-state index in [4.69, 9.17) is 0 Å². The number of hydrogen-bond donors (Lipinski definition) is 0. The molecule has 2 heteroatoms. The Labute approximate surface area is 83.9 Å². The first-order valence-electron chi connectivity index (χ1n) is 4.68. The molecule has 0 atom stereocenters. The van der Waals surface area contributed by atoms with Gasteiger partial charge in [-0.2, -0.15) is 0 Å². The summed E-state index contributed by atoms with van der Waals surface area (Å²) in [6.07, 6.45) is 5.34. The van der Waals surface area contributed by atoms with E-state index in [-0.39, 0.29) is 6.42 Å². The molecule has 0 N–H and O–H groups in total. The second-order valence-electron chi connectivity index (χ2n) is 3.07. The molecule has 0 aliphatic rings. The molecule has 0 unspecified atom stereocenters. The molecule has 0 aliphatic carbocycles. The maximum atomic E-state index is 10.1. The number of hydrogen-bond acceptors (Lipinski definition) is 1. The van der Waals surface area contributed by atoms with Gasteiger partial charge in [0.2, 0.25) is 0 Å². The highest BCUT2D eigenvalue weighted by Crippen LogP contribution is 2.02. The van der Waals surface area contributed by atoms with E-state index in [1.54, 1.807) is 6.08 Å². The summed E-state index contributed by atoms with van der Waals surface area (Å²) >= 11 is 0. The van der Waals surface area contributed by atoms with E-state index in [9.17, 15) is 9.90 Å². The molecule has 1 rings (SSSR count). The number of carbonyl (C=O) groups is 1. The molecule has 0 fully saturated rings. The first kappa shape index (κ1) is 10.5. The van der Waals surface area contributed by atoms with Gasteiger partial charge in [0.1, 0.15) is 0 Å². The zero-order valence-electron chi connectivity index (χ0n) is 7.98. The molecule has 0 spiro atoms. The molecule has 0 amide bonds. The summed E-state index contributed by atoms with van der Waals surface area (Å²) in [6, 6.07) is 10.1. The van der Waals surface area contributed by atoms with Gasteiger partial charge in [-0.25, -0.2) is 9.90 Å². The highest BCUT2D eigenvalue weighted by atomic mass is 16.4. The molecule has 73 valence electrons. The minimum atomic E-state index is -1.03. The van der Waals surface area contributed by atoms with E-state index in [0.29, 0.717) is 0 Å². The van der Waals surface area contributed by atoms with Crippen molar-refractivity contribution in [3.05, 3.63) is 48.0 Å². The van der Waals surface area contributed by atoms with Crippen molar-refractivity contribution >= 4 is 5.97 Å². The van der Waals surface area contributed by atoms with Crippen LogP contribution >= 0.6 is 0 Å². The maximum absolute atomic E-state index is 10.1. The van der Waals surface area contributed by atoms with Crippen LogP contribution in [0.5, 0.6) is 0 Å². The van der Waals surface area contributed by atoms with E-state index in [2.05, 4.69) is 12.1 Å². The Morgan fingerprint density at radius 2 is 1.86 bits per heavy atom. The predicted octanol–water partition coefficient (Wildman–Crippen LogP) is 2.52. The molecule has 1 aromatic carbocycles. The van der Waals surface area contributed by atoms with Gasteiger partial charge in [0.15, 0.2) is 0 Å². The summed E-state index contributed by atoms with van der Waals surface area (Å²) in [4.78, 5) is 10.1. The van der Waals surface area contributed by atoms with Crippen LogP contribution in [0.15, 0.2) is 42.5 Å². The van der Waals surface area contributed by atoms with Gasteiger partial charge in [0.25, 0.3) is 0 Å². The van der Waals surface area contributed by atoms with Crippen molar-refractivity contribution in [2.45, 2.75) is 19.3 Å². The third kappa shape index (κ3) is 4.45. The molecular weight excluding hydrogens is 176 g/mol. The van der Waals surface area contributed by atoms with Gasteiger partial charge >= 0.3 is 5.97 Å². The fourth-order valence-corrected chi connectivity index (χ4v) is 1.19. The monoisotopic (exact) mass is 189 g/mol. The molecule has 2 nitrogen and oxygen atoms in total. The Morgan fingerprint density at radius 3 is 2.50 bits per heavy atom. The third-order valence-electron chi connectivity index (χ3n) is 1.89. The van der Waals surface area contributed by atoms with Gasteiger partial charge < -0.3 is 0 Å². The van der Waals surface area contributed by atoms with Crippen LogP contribution in [0.4, 0.5) is 0 Å². The van der Waals surface area contributed by atoms with E-state index in [1.165, 1.54) is 5.56 Å². The van der Waals surface area contributed by atoms with Gasteiger partial charge in [-0.1, -0.05) is 42.5 Å². The van der Waals surface area contributed by atoms with Crippen molar-refractivity contribution in [2.24, 2.45) is 0 Å². The summed E-state index contributed by atoms with van der Waals surface area (Å²) in [5.74, 6) is -1.03. The van der Waals surface area contributed by atoms with Gasteiger partial charge in [0, 0.05) is 0 Å². The molecular formula is C12H13O2. The number of rotatable bonds is 5. The lowest BCUT2D eigenvalue weighted by Crippen LogP contribution is -1.87.